The predicted octanol–water partition coefficient (Wildman–Crippen LogP) is 2.00. The Hall–Kier alpha value is -2.67. The van der Waals surface area contributed by atoms with Crippen LogP contribution in [0.4, 0.5) is 4.39 Å². The maximum Gasteiger partial charge on any atom is 0.258 e. The molecule has 0 bridgehead atoms. The third kappa shape index (κ3) is 5.16. The van der Waals surface area contributed by atoms with E-state index in [9.17, 15) is 9.18 Å². The summed E-state index contributed by atoms with van der Waals surface area (Å²) in [7, 11) is 1.59. The molecule has 0 aliphatic carbocycles. The number of amides is 1. The van der Waals surface area contributed by atoms with Crippen molar-refractivity contribution in [3.05, 3.63) is 54.0 Å². The zero-order chi connectivity index (χ0) is 18.4. The van der Waals surface area contributed by atoms with Crippen LogP contribution in [-0.2, 0) is 11.3 Å². The number of carbonyl (C=O) groups excluding carboxylic acids is 1. The van der Waals surface area contributed by atoms with Crippen LogP contribution in [-0.4, -0.2) is 48.6 Å². The summed E-state index contributed by atoms with van der Waals surface area (Å²) in [6, 6.07) is 9.55. The van der Waals surface area contributed by atoms with Gasteiger partial charge in [0.2, 0.25) is 5.88 Å². The zero-order valence-electron chi connectivity index (χ0n) is 14.7. The first kappa shape index (κ1) is 18.1. The minimum Gasteiger partial charge on any atom is -0.484 e. The molecule has 1 amide bonds. The lowest BCUT2D eigenvalue weighted by Gasteiger charge is -2.17. The van der Waals surface area contributed by atoms with Crippen LogP contribution in [0.1, 0.15) is 12.0 Å². The molecule has 138 valence electrons. The van der Waals surface area contributed by atoms with E-state index in [4.69, 9.17) is 9.47 Å². The fourth-order valence-electron chi connectivity index (χ4n) is 2.93. The van der Waals surface area contributed by atoms with Gasteiger partial charge in [0.15, 0.2) is 6.61 Å². The van der Waals surface area contributed by atoms with Crippen LogP contribution in [0, 0.1) is 5.82 Å². The maximum atomic E-state index is 12.8. The average Bonchev–Trinajstić information content (AvgIpc) is 3.08. The lowest BCUT2D eigenvalue weighted by Crippen LogP contribution is -2.39. The molecule has 6 nitrogen and oxygen atoms in total. The van der Waals surface area contributed by atoms with Crippen molar-refractivity contribution in [1.29, 1.82) is 0 Å². The van der Waals surface area contributed by atoms with Crippen molar-refractivity contribution in [1.82, 2.24) is 15.2 Å². The summed E-state index contributed by atoms with van der Waals surface area (Å²) in [6.45, 7) is 2.41. The molecule has 3 rings (SSSR count). The molecule has 1 aromatic heterocycles. The lowest BCUT2D eigenvalue weighted by atomic mass is 10.2. The van der Waals surface area contributed by atoms with Gasteiger partial charge in [0, 0.05) is 37.9 Å². The summed E-state index contributed by atoms with van der Waals surface area (Å²) >= 11 is 0. The highest BCUT2D eigenvalue weighted by Crippen LogP contribution is 2.15. The number of nitrogens with zero attached hydrogens (tertiary/aromatic N) is 2. The largest absolute Gasteiger partial charge is 0.484 e. The Morgan fingerprint density at radius 2 is 2.12 bits per heavy atom. The van der Waals surface area contributed by atoms with Gasteiger partial charge >= 0.3 is 0 Å². The van der Waals surface area contributed by atoms with E-state index in [0.29, 0.717) is 11.6 Å². The van der Waals surface area contributed by atoms with Gasteiger partial charge in [0.05, 0.1) is 7.11 Å². The number of nitrogens with one attached hydrogen (secondary N) is 1. The third-order valence-corrected chi connectivity index (χ3v) is 4.23. The van der Waals surface area contributed by atoms with E-state index in [1.165, 1.54) is 24.3 Å². The van der Waals surface area contributed by atoms with Crippen LogP contribution < -0.4 is 14.8 Å². The van der Waals surface area contributed by atoms with Gasteiger partial charge in [-0.15, -0.1) is 0 Å². The quantitative estimate of drug-likeness (QED) is 0.819. The molecule has 1 N–H and O–H groups in total. The van der Waals surface area contributed by atoms with Crippen molar-refractivity contribution >= 4 is 5.91 Å². The number of ether oxygens (including phenoxy) is 2. The lowest BCUT2D eigenvalue weighted by molar-refractivity contribution is -0.123. The van der Waals surface area contributed by atoms with E-state index in [-0.39, 0.29) is 24.4 Å². The van der Waals surface area contributed by atoms with Gasteiger partial charge in [0.1, 0.15) is 11.6 Å². The summed E-state index contributed by atoms with van der Waals surface area (Å²) < 4.78 is 23.3. The van der Waals surface area contributed by atoms with Gasteiger partial charge in [-0.2, -0.15) is 0 Å². The zero-order valence-corrected chi connectivity index (χ0v) is 14.7. The molecule has 1 saturated heterocycles. The summed E-state index contributed by atoms with van der Waals surface area (Å²) in [5, 5.41) is 2.98. The Morgan fingerprint density at radius 3 is 2.81 bits per heavy atom. The molecule has 1 aromatic carbocycles. The maximum absolute atomic E-state index is 12.8. The smallest absolute Gasteiger partial charge is 0.258 e. The average molecular weight is 359 g/mol. The number of rotatable bonds is 7. The van der Waals surface area contributed by atoms with Gasteiger partial charge in [-0.1, -0.05) is 6.07 Å². The molecule has 1 fully saturated rings. The van der Waals surface area contributed by atoms with Crippen LogP contribution in [0.5, 0.6) is 11.6 Å². The second-order valence-corrected chi connectivity index (χ2v) is 6.24. The van der Waals surface area contributed by atoms with E-state index in [1.807, 2.05) is 12.1 Å². The van der Waals surface area contributed by atoms with Crippen molar-refractivity contribution in [2.75, 3.05) is 26.8 Å². The molecule has 0 spiro atoms. The number of hydrogen-bond donors (Lipinski definition) is 1. The fourth-order valence-corrected chi connectivity index (χ4v) is 2.93. The van der Waals surface area contributed by atoms with Crippen molar-refractivity contribution in [2.24, 2.45) is 0 Å². The minimum atomic E-state index is -0.333. The van der Waals surface area contributed by atoms with E-state index in [2.05, 4.69) is 15.2 Å². The monoisotopic (exact) mass is 359 g/mol. The summed E-state index contributed by atoms with van der Waals surface area (Å²) in [4.78, 5) is 18.5. The molecule has 0 saturated carbocycles. The molecule has 1 aliphatic rings. The van der Waals surface area contributed by atoms with E-state index in [0.717, 1.165) is 31.6 Å². The van der Waals surface area contributed by atoms with E-state index in [1.54, 1.807) is 13.3 Å². The number of hydrogen-bond acceptors (Lipinski definition) is 5. The van der Waals surface area contributed by atoms with Crippen molar-refractivity contribution in [3.8, 4) is 11.6 Å². The molecule has 1 atom stereocenters. The van der Waals surface area contributed by atoms with Gasteiger partial charge in [-0.25, -0.2) is 9.37 Å². The van der Waals surface area contributed by atoms with Gasteiger partial charge in [-0.05, 0) is 36.2 Å². The standard InChI is InChI=1S/C19H22FN3O3/c1-25-19-7-2-14(10-21-19)11-23-9-8-16(12-23)22-18(24)13-26-17-5-3-15(20)4-6-17/h2-7,10,16H,8-9,11-13H2,1H3,(H,22,24)/t16-/m0/s1. The summed E-state index contributed by atoms with van der Waals surface area (Å²) in [5.41, 5.74) is 1.11. The summed E-state index contributed by atoms with van der Waals surface area (Å²) in [5.74, 6) is 0.565. The highest BCUT2D eigenvalue weighted by atomic mass is 19.1. The fraction of sp³-hybridized carbons (Fsp3) is 0.368. The first-order chi connectivity index (χ1) is 12.6. The predicted molar refractivity (Wildman–Crippen MR) is 94.5 cm³/mol. The Morgan fingerprint density at radius 1 is 1.31 bits per heavy atom. The molecule has 2 heterocycles. The molecule has 0 radical (unpaired) electrons. The second kappa shape index (κ2) is 8.62. The molecule has 7 heteroatoms. The Labute approximate surface area is 151 Å². The van der Waals surface area contributed by atoms with Crippen molar-refractivity contribution in [2.45, 2.75) is 19.0 Å². The molecule has 1 aliphatic heterocycles. The number of aromatic nitrogens is 1. The van der Waals surface area contributed by atoms with Crippen LogP contribution in [0.3, 0.4) is 0 Å². The number of methoxy groups -OCH3 is 1. The van der Waals surface area contributed by atoms with E-state index >= 15 is 0 Å². The van der Waals surface area contributed by atoms with E-state index < -0.39 is 0 Å². The van der Waals surface area contributed by atoms with Crippen LogP contribution in [0.2, 0.25) is 0 Å². The first-order valence-electron chi connectivity index (χ1n) is 8.51. The normalized spacial score (nSPS) is 17.1. The molecular weight excluding hydrogens is 337 g/mol. The van der Waals surface area contributed by atoms with Crippen LogP contribution in [0.15, 0.2) is 42.6 Å². The Kier molecular flexibility index (Phi) is 6.01. The van der Waals surface area contributed by atoms with Crippen LogP contribution >= 0.6 is 0 Å². The minimum absolute atomic E-state index is 0.0788. The number of carbonyl (C=O) groups is 1. The summed E-state index contributed by atoms with van der Waals surface area (Å²) in [6.07, 6.45) is 2.70. The SMILES string of the molecule is COc1ccc(CN2CC[C@H](NC(=O)COc3ccc(F)cc3)C2)cn1. The number of halogens is 1. The molecule has 26 heavy (non-hydrogen) atoms. The number of pyridine rings is 1. The molecular formula is C19H22FN3O3. The molecule has 2 aromatic rings. The van der Waals surface area contributed by atoms with Crippen molar-refractivity contribution in [3.63, 3.8) is 0 Å². The highest BCUT2D eigenvalue weighted by Gasteiger charge is 2.24. The third-order valence-electron chi connectivity index (χ3n) is 4.23. The van der Waals surface area contributed by atoms with Gasteiger partial charge in [0.25, 0.3) is 5.91 Å². The highest BCUT2D eigenvalue weighted by molar-refractivity contribution is 5.77. The Bertz CT molecular complexity index is 722. The van der Waals surface area contributed by atoms with Crippen molar-refractivity contribution < 1.29 is 18.7 Å². The number of likely N-dealkylation sites (tertiary alicyclic amines) is 1. The Balaban J connectivity index is 1.40. The molecule has 0 unspecified atom stereocenters. The first-order valence-corrected chi connectivity index (χ1v) is 8.51. The van der Waals surface area contributed by atoms with Gasteiger partial charge < -0.3 is 14.8 Å². The topological polar surface area (TPSA) is 63.7 Å². The van der Waals surface area contributed by atoms with Gasteiger partial charge in [-0.3, -0.25) is 9.69 Å². The second-order valence-electron chi connectivity index (χ2n) is 6.24. The number of benzene rings is 1. The van der Waals surface area contributed by atoms with Crippen LogP contribution in [0.25, 0.3) is 0 Å².